The second kappa shape index (κ2) is 8.38. The Bertz CT molecular complexity index is 911. The van der Waals surface area contributed by atoms with Gasteiger partial charge in [0.2, 0.25) is 11.8 Å². The number of rotatable bonds is 6. The first kappa shape index (κ1) is 19.7. The molecule has 2 N–H and O–H groups in total. The van der Waals surface area contributed by atoms with Gasteiger partial charge in [-0.3, -0.25) is 14.5 Å². The molecule has 3 fully saturated rings. The first-order valence-corrected chi connectivity index (χ1v) is 10.8. The molecule has 2 unspecified atom stereocenters. The number of anilines is 3. The van der Waals surface area contributed by atoms with E-state index in [2.05, 4.69) is 30.4 Å². The van der Waals surface area contributed by atoms with Crippen LogP contribution in [0.4, 0.5) is 17.2 Å². The van der Waals surface area contributed by atoms with E-state index < -0.39 is 0 Å². The number of piperidine rings is 1. The fourth-order valence-electron chi connectivity index (χ4n) is 3.98. The van der Waals surface area contributed by atoms with Gasteiger partial charge in [-0.25, -0.2) is 9.97 Å². The van der Waals surface area contributed by atoms with E-state index in [-0.39, 0.29) is 11.8 Å². The van der Waals surface area contributed by atoms with Gasteiger partial charge in [0.05, 0.1) is 6.54 Å². The number of hydrogen-bond donors (Lipinski definition) is 2. The third-order valence-electron chi connectivity index (χ3n) is 5.26. The number of piperazine rings is 1. The van der Waals surface area contributed by atoms with Crippen LogP contribution in [0.25, 0.3) is 0 Å². The average Bonchev–Trinajstić information content (AvgIpc) is 2.72. The second-order valence-corrected chi connectivity index (χ2v) is 8.11. The molecule has 3 saturated heterocycles. The Morgan fingerprint density at radius 2 is 1.90 bits per heavy atom. The minimum absolute atomic E-state index is 0.0418. The van der Waals surface area contributed by atoms with Crippen LogP contribution in [0, 0.1) is 0 Å². The molecule has 0 aliphatic carbocycles. The Kier molecular flexibility index (Phi) is 5.68. The fourth-order valence-corrected chi connectivity index (χ4v) is 4.33. The molecule has 0 saturated carbocycles. The van der Waals surface area contributed by atoms with Crippen LogP contribution in [0.5, 0.6) is 0 Å². The van der Waals surface area contributed by atoms with Crippen LogP contribution in [0.1, 0.15) is 13.3 Å². The molecule has 152 valence electrons. The highest BCUT2D eigenvalue weighted by Crippen LogP contribution is 2.34. The number of carbonyl (C=O) groups excluding carboxylic acids is 2. The highest BCUT2D eigenvalue weighted by atomic mass is 32.2. The first-order valence-electron chi connectivity index (χ1n) is 9.57. The molecule has 8 nitrogen and oxygen atoms in total. The summed E-state index contributed by atoms with van der Waals surface area (Å²) >= 11 is 1.54. The predicted molar refractivity (Wildman–Crippen MR) is 114 cm³/mol. The van der Waals surface area contributed by atoms with Crippen LogP contribution >= 0.6 is 11.8 Å². The number of benzene rings is 1. The third kappa shape index (κ3) is 4.51. The normalized spacial score (nSPS) is 20.7. The van der Waals surface area contributed by atoms with Gasteiger partial charge >= 0.3 is 0 Å². The number of thioether (sulfide) groups is 1. The van der Waals surface area contributed by atoms with Gasteiger partial charge in [-0.1, -0.05) is 17.8 Å². The molecular weight excluding hydrogens is 388 g/mol. The molecule has 2 aromatic rings. The van der Waals surface area contributed by atoms with Crippen molar-refractivity contribution < 1.29 is 9.59 Å². The summed E-state index contributed by atoms with van der Waals surface area (Å²) < 4.78 is 0. The summed E-state index contributed by atoms with van der Waals surface area (Å²) in [6.07, 6.45) is 4.88. The zero-order valence-corrected chi connectivity index (χ0v) is 17.3. The van der Waals surface area contributed by atoms with Crippen LogP contribution < -0.4 is 15.5 Å². The third-order valence-corrected chi connectivity index (χ3v) is 5.82. The molecule has 2 atom stereocenters. The minimum Gasteiger partial charge on any atom is -0.353 e. The van der Waals surface area contributed by atoms with Gasteiger partial charge in [0.1, 0.15) is 5.82 Å². The van der Waals surface area contributed by atoms with E-state index in [1.807, 2.05) is 24.5 Å². The van der Waals surface area contributed by atoms with Gasteiger partial charge in [-0.05, 0) is 36.9 Å². The molecule has 2 amide bonds. The van der Waals surface area contributed by atoms with Crippen molar-refractivity contribution in [1.29, 1.82) is 0 Å². The largest absolute Gasteiger partial charge is 0.353 e. The van der Waals surface area contributed by atoms with Crippen LogP contribution in [0.15, 0.2) is 41.7 Å². The molecule has 3 aliphatic rings. The summed E-state index contributed by atoms with van der Waals surface area (Å²) in [4.78, 5) is 37.1. The fraction of sp³-hybridized carbons (Fsp3) is 0.400. The molecule has 3 aliphatic heterocycles. The lowest BCUT2D eigenvalue weighted by Gasteiger charge is -2.56. The average molecular weight is 413 g/mol. The maximum Gasteiger partial charge on any atom is 0.238 e. The van der Waals surface area contributed by atoms with E-state index in [0.717, 1.165) is 30.5 Å². The Morgan fingerprint density at radius 1 is 1.17 bits per heavy atom. The second-order valence-electron chi connectivity index (χ2n) is 7.33. The quantitative estimate of drug-likeness (QED) is 0.554. The van der Waals surface area contributed by atoms with Crippen LogP contribution in [0.2, 0.25) is 0 Å². The van der Waals surface area contributed by atoms with Crippen molar-refractivity contribution in [3.8, 4) is 0 Å². The number of fused-ring (bicyclic) bond motifs is 2. The summed E-state index contributed by atoms with van der Waals surface area (Å²) in [6.45, 7) is 3.56. The Balaban J connectivity index is 1.32. The van der Waals surface area contributed by atoms with Gasteiger partial charge in [-0.2, -0.15) is 0 Å². The highest BCUT2D eigenvalue weighted by Gasteiger charge is 2.45. The lowest BCUT2D eigenvalue weighted by molar-refractivity contribution is -0.121. The molecule has 0 radical (unpaired) electrons. The molecule has 9 heteroatoms. The molecule has 0 spiro atoms. The zero-order valence-electron chi connectivity index (χ0n) is 16.5. The first-order chi connectivity index (χ1) is 14.0. The van der Waals surface area contributed by atoms with Crippen LogP contribution in [-0.2, 0) is 9.59 Å². The molecule has 5 rings (SSSR count). The summed E-state index contributed by atoms with van der Waals surface area (Å²) in [6, 6.07) is 9.85. The van der Waals surface area contributed by atoms with E-state index in [1.54, 1.807) is 18.3 Å². The van der Waals surface area contributed by atoms with Gasteiger partial charge in [0.25, 0.3) is 0 Å². The highest BCUT2D eigenvalue weighted by molar-refractivity contribution is 7.98. The lowest BCUT2D eigenvalue weighted by atomic mass is 9.87. The van der Waals surface area contributed by atoms with E-state index in [0.29, 0.717) is 30.0 Å². The Labute approximate surface area is 174 Å². The summed E-state index contributed by atoms with van der Waals surface area (Å²) in [5, 5.41) is 6.43. The van der Waals surface area contributed by atoms with Crippen molar-refractivity contribution in [1.82, 2.24) is 14.9 Å². The van der Waals surface area contributed by atoms with Gasteiger partial charge < -0.3 is 15.5 Å². The molecule has 1 aromatic heterocycles. The number of hydrogen-bond acceptors (Lipinski definition) is 7. The van der Waals surface area contributed by atoms with Crippen molar-refractivity contribution in [3.63, 3.8) is 0 Å². The number of nitrogens with one attached hydrogen (secondary N) is 2. The number of carbonyl (C=O) groups is 2. The van der Waals surface area contributed by atoms with E-state index >= 15 is 0 Å². The number of nitrogens with zero attached hydrogens (tertiary/aromatic N) is 4. The predicted octanol–water partition coefficient (Wildman–Crippen LogP) is 2.06. The smallest absolute Gasteiger partial charge is 0.238 e. The maximum atomic E-state index is 12.5. The SMILES string of the molecule is CSc1nccc(N2CC3CC(C2)N3CC(=O)Nc2cccc(NC(C)=O)c2)n1. The van der Waals surface area contributed by atoms with Crippen LogP contribution in [-0.4, -0.2) is 64.7 Å². The summed E-state index contributed by atoms with van der Waals surface area (Å²) in [5.41, 5.74) is 1.35. The van der Waals surface area contributed by atoms with E-state index in [9.17, 15) is 9.59 Å². The van der Waals surface area contributed by atoms with Crippen molar-refractivity contribution >= 4 is 40.8 Å². The standard InChI is InChI=1S/C20H24N6O2S/c1-13(27)22-14-4-3-5-15(8-14)23-19(28)12-26-16-9-17(26)11-25(10-16)18-6-7-21-20(24-18)29-2/h3-8,16-17H,9-12H2,1-2H3,(H,22,27)(H,23,28). The Hall–Kier alpha value is -2.65. The number of aromatic nitrogens is 2. The zero-order chi connectivity index (χ0) is 20.4. The molecule has 29 heavy (non-hydrogen) atoms. The van der Waals surface area contributed by atoms with Gasteiger partial charge in [0, 0.05) is 49.7 Å². The minimum atomic E-state index is -0.139. The summed E-state index contributed by atoms with van der Waals surface area (Å²) in [5.74, 6) is 0.776. The molecule has 4 heterocycles. The van der Waals surface area contributed by atoms with Gasteiger partial charge in [0.15, 0.2) is 5.16 Å². The van der Waals surface area contributed by atoms with Crippen molar-refractivity contribution in [2.45, 2.75) is 30.6 Å². The van der Waals surface area contributed by atoms with Crippen molar-refractivity contribution in [2.75, 3.05) is 41.4 Å². The van der Waals surface area contributed by atoms with Gasteiger partial charge in [-0.15, -0.1) is 0 Å². The molecular formula is C20H24N6O2S. The van der Waals surface area contributed by atoms with E-state index in [4.69, 9.17) is 0 Å². The molecule has 1 aromatic carbocycles. The number of amides is 2. The topological polar surface area (TPSA) is 90.5 Å². The van der Waals surface area contributed by atoms with Crippen LogP contribution in [0.3, 0.4) is 0 Å². The van der Waals surface area contributed by atoms with E-state index in [1.165, 1.54) is 18.7 Å². The maximum absolute atomic E-state index is 12.5. The van der Waals surface area contributed by atoms with Crippen molar-refractivity contribution in [3.05, 3.63) is 36.5 Å². The lowest BCUT2D eigenvalue weighted by Crippen LogP contribution is -2.69. The summed E-state index contributed by atoms with van der Waals surface area (Å²) in [7, 11) is 0. The van der Waals surface area contributed by atoms with Crippen molar-refractivity contribution in [2.24, 2.45) is 0 Å². The monoisotopic (exact) mass is 412 g/mol. The molecule has 2 bridgehead atoms. The Morgan fingerprint density at radius 3 is 2.59 bits per heavy atom.